The molecule has 0 radical (unpaired) electrons. The van der Waals surface area contributed by atoms with Crippen molar-refractivity contribution in [3.05, 3.63) is 63.7 Å². The molecule has 0 unspecified atom stereocenters. The van der Waals surface area contributed by atoms with E-state index in [-0.39, 0.29) is 18.2 Å². The number of anilines is 1. The highest BCUT2D eigenvalue weighted by Gasteiger charge is 2.33. The van der Waals surface area contributed by atoms with E-state index in [2.05, 4.69) is 10.5 Å². The van der Waals surface area contributed by atoms with E-state index in [4.69, 9.17) is 9.47 Å². The van der Waals surface area contributed by atoms with E-state index in [0.29, 0.717) is 43.7 Å². The maximum Gasteiger partial charge on any atom is 0.416 e. The van der Waals surface area contributed by atoms with Gasteiger partial charge < -0.3 is 14.4 Å². The molecule has 1 N–H and O–H groups in total. The number of nitro benzene ring substituents is 1. The molecule has 1 aliphatic heterocycles. The van der Waals surface area contributed by atoms with Gasteiger partial charge in [0, 0.05) is 19.2 Å². The molecule has 2 aromatic carbocycles. The number of nitrogens with zero attached hydrogens (tertiary/aromatic N) is 3. The van der Waals surface area contributed by atoms with Gasteiger partial charge in [-0.15, -0.1) is 0 Å². The minimum absolute atomic E-state index is 0.105. The van der Waals surface area contributed by atoms with Crippen molar-refractivity contribution < 1.29 is 32.4 Å². The summed E-state index contributed by atoms with van der Waals surface area (Å²) in [5.41, 5.74) is 0.930. The fourth-order valence-corrected chi connectivity index (χ4v) is 2.83. The van der Waals surface area contributed by atoms with Crippen molar-refractivity contribution in [3.8, 4) is 5.75 Å². The minimum atomic E-state index is -4.69. The van der Waals surface area contributed by atoms with E-state index in [1.807, 2.05) is 0 Å². The molecular formula is C20H19F3N4O5. The summed E-state index contributed by atoms with van der Waals surface area (Å²) in [5, 5.41) is 14.9. The Morgan fingerprint density at radius 1 is 1.22 bits per heavy atom. The third kappa shape index (κ3) is 6.17. The Balaban J connectivity index is 1.57. The maximum atomic E-state index is 12.8. The van der Waals surface area contributed by atoms with Crippen LogP contribution in [0.4, 0.5) is 24.5 Å². The first-order valence-corrected chi connectivity index (χ1v) is 9.47. The summed E-state index contributed by atoms with van der Waals surface area (Å²) >= 11 is 0. The van der Waals surface area contributed by atoms with Crippen LogP contribution in [0.3, 0.4) is 0 Å². The summed E-state index contributed by atoms with van der Waals surface area (Å²) in [6.07, 6.45) is -3.35. The number of hydrazone groups is 1. The van der Waals surface area contributed by atoms with Gasteiger partial charge in [0.25, 0.3) is 11.6 Å². The van der Waals surface area contributed by atoms with Gasteiger partial charge in [-0.3, -0.25) is 20.3 Å². The van der Waals surface area contributed by atoms with Gasteiger partial charge in [0.1, 0.15) is 11.4 Å². The van der Waals surface area contributed by atoms with Crippen molar-refractivity contribution in [2.24, 2.45) is 5.10 Å². The van der Waals surface area contributed by atoms with Crippen LogP contribution in [-0.2, 0) is 15.7 Å². The molecule has 0 aliphatic carbocycles. The van der Waals surface area contributed by atoms with Gasteiger partial charge in [-0.25, -0.2) is 0 Å². The molecule has 0 saturated carbocycles. The number of alkyl halides is 3. The summed E-state index contributed by atoms with van der Waals surface area (Å²) < 4.78 is 48.9. The third-order valence-electron chi connectivity index (χ3n) is 4.53. The number of carbonyl (C=O) groups is 1. The number of benzene rings is 2. The van der Waals surface area contributed by atoms with E-state index in [1.54, 1.807) is 29.2 Å². The quantitative estimate of drug-likeness (QED) is 0.393. The van der Waals surface area contributed by atoms with Crippen molar-refractivity contribution in [2.75, 3.05) is 38.3 Å². The van der Waals surface area contributed by atoms with Gasteiger partial charge in [-0.1, -0.05) is 0 Å². The summed E-state index contributed by atoms with van der Waals surface area (Å²) in [6, 6.07) is 8.64. The average molecular weight is 452 g/mol. The summed E-state index contributed by atoms with van der Waals surface area (Å²) in [4.78, 5) is 23.9. The predicted octanol–water partition coefficient (Wildman–Crippen LogP) is 3.30. The lowest BCUT2D eigenvalue weighted by molar-refractivity contribution is -0.384. The highest BCUT2D eigenvalue weighted by molar-refractivity contribution is 5.81. The van der Waals surface area contributed by atoms with E-state index < -0.39 is 22.4 Å². The first-order chi connectivity index (χ1) is 15.2. The molecule has 1 aliphatic rings. The SMILES string of the molecule is O=C(COc1ccc(/C=N/Nc2ccc(C(F)(F)F)cc2[N+](=O)[O-])cc1)N1CCOCC1. The zero-order valence-electron chi connectivity index (χ0n) is 16.7. The fourth-order valence-electron chi connectivity index (χ4n) is 2.83. The second-order valence-corrected chi connectivity index (χ2v) is 6.71. The zero-order valence-corrected chi connectivity index (χ0v) is 16.7. The Labute approximate surface area is 180 Å². The van der Waals surface area contributed by atoms with Crippen molar-refractivity contribution in [3.63, 3.8) is 0 Å². The molecule has 32 heavy (non-hydrogen) atoms. The van der Waals surface area contributed by atoms with Gasteiger partial charge in [-0.2, -0.15) is 18.3 Å². The van der Waals surface area contributed by atoms with Crippen LogP contribution in [0.25, 0.3) is 0 Å². The van der Waals surface area contributed by atoms with E-state index >= 15 is 0 Å². The zero-order chi connectivity index (χ0) is 23.1. The van der Waals surface area contributed by atoms with Crippen LogP contribution in [0, 0.1) is 10.1 Å². The van der Waals surface area contributed by atoms with E-state index in [9.17, 15) is 28.1 Å². The summed E-state index contributed by atoms with van der Waals surface area (Å²) in [7, 11) is 0. The largest absolute Gasteiger partial charge is 0.484 e. The number of hydrogen-bond donors (Lipinski definition) is 1. The highest BCUT2D eigenvalue weighted by atomic mass is 19.4. The number of nitrogens with one attached hydrogen (secondary N) is 1. The Kier molecular flexibility index (Phi) is 7.25. The van der Waals surface area contributed by atoms with Crippen LogP contribution in [0.1, 0.15) is 11.1 Å². The molecule has 170 valence electrons. The van der Waals surface area contributed by atoms with Gasteiger partial charge in [0.2, 0.25) is 0 Å². The monoisotopic (exact) mass is 452 g/mol. The van der Waals surface area contributed by atoms with Crippen LogP contribution in [0.2, 0.25) is 0 Å². The van der Waals surface area contributed by atoms with Crippen LogP contribution < -0.4 is 10.2 Å². The van der Waals surface area contributed by atoms with Crippen LogP contribution in [0.5, 0.6) is 5.75 Å². The topological polar surface area (TPSA) is 106 Å². The average Bonchev–Trinajstić information content (AvgIpc) is 2.78. The highest BCUT2D eigenvalue weighted by Crippen LogP contribution is 2.34. The predicted molar refractivity (Wildman–Crippen MR) is 109 cm³/mol. The molecule has 0 atom stereocenters. The lowest BCUT2D eigenvalue weighted by Crippen LogP contribution is -2.42. The summed E-state index contributed by atoms with van der Waals surface area (Å²) in [6.45, 7) is 1.96. The summed E-state index contributed by atoms with van der Waals surface area (Å²) in [5.74, 6) is 0.330. The normalized spacial score (nSPS) is 14.4. The second-order valence-electron chi connectivity index (χ2n) is 6.71. The molecule has 2 aromatic rings. The first-order valence-electron chi connectivity index (χ1n) is 9.47. The Morgan fingerprint density at radius 2 is 1.91 bits per heavy atom. The maximum absolute atomic E-state index is 12.8. The standard InChI is InChI=1S/C20H19F3N4O5/c21-20(22,23)15-3-6-17(18(11-15)27(29)30)25-24-12-14-1-4-16(5-2-14)32-13-19(28)26-7-9-31-10-8-26/h1-6,11-12,25H,7-10,13H2/b24-12+. The van der Waals surface area contributed by atoms with Crippen molar-refractivity contribution in [1.29, 1.82) is 0 Å². The molecular weight excluding hydrogens is 433 g/mol. The Bertz CT molecular complexity index is 990. The number of carbonyl (C=O) groups excluding carboxylic acids is 1. The number of nitro groups is 1. The molecule has 0 spiro atoms. The Morgan fingerprint density at radius 3 is 2.53 bits per heavy atom. The van der Waals surface area contributed by atoms with Crippen molar-refractivity contribution in [2.45, 2.75) is 6.18 Å². The molecule has 9 nitrogen and oxygen atoms in total. The number of hydrogen-bond acceptors (Lipinski definition) is 7. The molecule has 1 amide bonds. The van der Waals surface area contributed by atoms with Gasteiger partial charge in [0.05, 0.1) is 29.9 Å². The van der Waals surface area contributed by atoms with Gasteiger partial charge in [-0.05, 0) is 42.0 Å². The molecule has 1 heterocycles. The van der Waals surface area contributed by atoms with E-state index in [0.717, 1.165) is 12.1 Å². The molecule has 0 bridgehead atoms. The molecule has 0 aromatic heterocycles. The van der Waals surface area contributed by atoms with Crippen LogP contribution >= 0.6 is 0 Å². The van der Waals surface area contributed by atoms with Gasteiger partial charge in [0.15, 0.2) is 6.61 Å². The molecule has 12 heteroatoms. The second kappa shape index (κ2) is 10.1. The van der Waals surface area contributed by atoms with Crippen LogP contribution in [-0.4, -0.2) is 54.9 Å². The Hall–Kier alpha value is -3.67. The number of halogens is 3. The number of morpholine rings is 1. The number of ether oxygens (including phenoxy) is 2. The smallest absolute Gasteiger partial charge is 0.416 e. The fraction of sp³-hybridized carbons (Fsp3) is 0.300. The third-order valence-corrected chi connectivity index (χ3v) is 4.53. The molecule has 3 rings (SSSR count). The lowest BCUT2D eigenvalue weighted by Gasteiger charge is -2.26. The molecule has 1 saturated heterocycles. The van der Waals surface area contributed by atoms with Crippen LogP contribution in [0.15, 0.2) is 47.6 Å². The van der Waals surface area contributed by atoms with E-state index in [1.165, 1.54) is 6.21 Å². The first kappa shape index (κ1) is 23.0. The number of rotatable bonds is 7. The van der Waals surface area contributed by atoms with Crippen molar-refractivity contribution >= 4 is 23.5 Å². The molecule has 1 fully saturated rings. The minimum Gasteiger partial charge on any atom is -0.484 e. The van der Waals surface area contributed by atoms with Gasteiger partial charge >= 0.3 is 6.18 Å². The lowest BCUT2D eigenvalue weighted by atomic mass is 10.1. The van der Waals surface area contributed by atoms with Crippen molar-refractivity contribution in [1.82, 2.24) is 4.90 Å². The number of amides is 1.